The van der Waals surface area contributed by atoms with Crippen LogP contribution in [0.3, 0.4) is 0 Å². The molecule has 0 bridgehead atoms. The summed E-state index contributed by atoms with van der Waals surface area (Å²) in [5.41, 5.74) is 5.23. The Labute approximate surface area is 121 Å². The predicted octanol–water partition coefficient (Wildman–Crippen LogP) is 2.08. The van der Waals surface area contributed by atoms with Gasteiger partial charge in [0.2, 0.25) is 11.8 Å². The second kappa shape index (κ2) is 6.23. The first-order valence-electron chi connectivity index (χ1n) is 7.44. The summed E-state index contributed by atoms with van der Waals surface area (Å²) in [6.45, 7) is 0.833. The Balaban J connectivity index is 1.90. The Morgan fingerprint density at radius 3 is 2.14 bits per heavy atom. The molecule has 7 heteroatoms. The Morgan fingerprint density at radius 1 is 1.00 bits per heavy atom. The van der Waals surface area contributed by atoms with Crippen LogP contribution in [-0.4, -0.2) is 36.0 Å². The number of piperidine rings is 1. The third-order valence-electron chi connectivity index (χ3n) is 4.70. The highest BCUT2D eigenvalue weighted by Gasteiger charge is 2.44. The molecule has 2 rings (SSSR count). The number of hydrogen-bond acceptors (Lipinski definition) is 2. The highest BCUT2D eigenvalue weighted by Crippen LogP contribution is 2.40. The van der Waals surface area contributed by atoms with Gasteiger partial charge in [0.25, 0.3) is 0 Å². The van der Waals surface area contributed by atoms with Crippen LogP contribution in [0.25, 0.3) is 0 Å². The standard InChI is InChI=1S/C14H21F3N2O2/c15-14(16,17)11-3-1-2-10(8-11)13(21)19-6-4-9(5-7-19)12(18)20/h9-11H,1-8H2,(H2,18,20). The minimum Gasteiger partial charge on any atom is -0.369 e. The number of hydrogen-bond donors (Lipinski definition) is 1. The molecular formula is C14H21F3N2O2. The van der Waals surface area contributed by atoms with E-state index in [1.54, 1.807) is 4.90 Å². The highest BCUT2D eigenvalue weighted by molar-refractivity contribution is 5.80. The molecule has 4 nitrogen and oxygen atoms in total. The van der Waals surface area contributed by atoms with Crippen LogP contribution in [0.2, 0.25) is 0 Å². The fourth-order valence-corrected chi connectivity index (χ4v) is 3.35. The van der Waals surface area contributed by atoms with Crippen molar-refractivity contribution < 1.29 is 22.8 Å². The Morgan fingerprint density at radius 2 is 1.62 bits per heavy atom. The van der Waals surface area contributed by atoms with Gasteiger partial charge < -0.3 is 10.6 Å². The molecular weight excluding hydrogens is 285 g/mol. The summed E-state index contributed by atoms with van der Waals surface area (Å²) < 4.78 is 38.4. The van der Waals surface area contributed by atoms with E-state index >= 15 is 0 Å². The summed E-state index contributed by atoms with van der Waals surface area (Å²) >= 11 is 0. The van der Waals surface area contributed by atoms with Crippen LogP contribution >= 0.6 is 0 Å². The van der Waals surface area contributed by atoms with Gasteiger partial charge in [0.15, 0.2) is 0 Å². The van der Waals surface area contributed by atoms with Crippen LogP contribution in [0, 0.1) is 17.8 Å². The first kappa shape index (κ1) is 16.1. The van der Waals surface area contributed by atoms with Crippen molar-refractivity contribution in [3.63, 3.8) is 0 Å². The van der Waals surface area contributed by atoms with Gasteiger partial charge in [-0.05, 0) is 32.1 Å². The van der Waals surface area contributed by atoms with E-state index < -0.39 is 18.0 Å². The number of rotatable bonds is 2. The van der Waals surface area contributed by atoms with Gasteiger partial charge in [-0.1, -0.05) is 6.42 Å². The lowest BCUT2D eigenvalue weighted by Gasteiger charge is -2.36. The molecule has 1 saturated carbocycles. The van der Waals surface area contributed by atoms with Gasteiger partial charge >= 0.3 is 6.18 Å². The summed E-state index contributed by atoms with van der Waals surface area (Å²) in [7, 11) is 0. The van der Waals surface area contributed by atoms with Crippen molar-refractivity contribution in [2.45, 2.75) is 44.7 Å². The quantitative estimate of drug-likeness (QED) is 0.849. The summed E-state index contributed by atoms with van der Waals surface area (Å²) in [6, 6.07) is 0. The highest BCUT2D eigenvalue weighted by atomic mass is 19.4. The maximum absolute atomic E-state index is 12.8. The number of primary amides is 1. The first-order valence-corrected chi connectivity index (χ1v) is 7.44. The summed E-state index contributed by atoms with van der Waals surface area (Å²) in [5.74, 6) is -2.66. The minimum absolute atomic E-state index is 0.0991. The van der Waals surface area contributed by atoms with Crippen molar-refractivity contribution in [1.82, 2.24) is 4.90 Å². The van der Waals surface area contributed by atoms with E-state index in [1.165, 1.54) is 0 Å². The Kier molecular flexibility index (Phi) is 4.78. The molecule has 0 aromatic rings. The number of likely N-dealkylation sites (tertiary alicyclic amines) is 1. The zero-order chi connectivity index (χ0) is 15.6. The van der Waals surface area contributed by atoms with Crippen LogP contribution in [0.4, 0.5) is 13.2 Å². The van der Waals surface area contributed by atoms with Crippen molar-refractivity contribution in [3.8, 4) is 0 Å². The van der Waals surface area contributed by atoms with Crippen LogP contribution in [-0.2, 0) is 9.59 Å². The van der Waals surface area contributed by atoms with Crippen LogP contribution < -0.4 is 5.73 Å². The summed E-state index contributed by atoms with van der Waals surface area (Å²) in [5, 5.41) is 0. The van der Waals surface area contributed by atoms with Crippen molar-refractivity contribution in [1.29, 1.82) is 0 Å². The second-order valence-corrected chi connectivity index (χ2v) is 6.10. The van der Waals surface area contributed by atoms with E-state index in [4.69, 9.17) is 5.73 Å². The van der Waals surface area contributed by atoms with Gasteiger partial charge in [0.1, 0.15) is 0 Å². The zero-order valence-corrected chi connectivity index (χ0v) is 11.9. The number of nitrogens with two attached hydrogens (primary N) is 1. The second-order valence-electron chi connectivity index (χ2n) is 6.10. The minimum atomic E-state index is -4.21. The fourth-order valence-electron chi connectivity index (χ4n) is 3.35. The Hall–Kier alpha value is -1.27. The normalized spacial score (nSPS) is 28.4. The molecule has 21 heavy (non-hydrogen) atoms. The van der Waals surface area contributed by atoms with Crippen molar-refractivity contribution in [2.75, 3.05) is 13.1 Å². The molecule has 1 saturated heterocycles. The lowest BCUT2D eigenvalue weighted by Crippen LogP contribution is -2.45. The molecule has 1 heterocycles. The summed E-state index contributed by atoms with van der Waals surface area (Å²) in [6.07, 6.45) is -2.19. The number of amides is 2. The van der Waals surface area contributed by atoms with Crippen LogP contribution in [0.15, 0.2) is 0 Å². The molecule has 2 fully saturated rings. The third-order valence-corrected chi connectivity index (χ3v) is 4.70. The molecule has 0 spiro atoms. The molecule has 2 atom stereocenters. The molecule has 0 radical (unpaired) electrons. The average molecular weight is 306 g/mol. The first-order chi connectivity index (χ1) is 9.79. The lowest BCUT2D eigenvalue weighted by atomic mass is 9.80. The number of carbonyl (C=O) groups is 2. The monoisotopic (exact) mass is 306 g/mol. The third kappa shape index (κ3) is 3.89. The zero-order valence-electron chi connectivity index (χ0n) is 11.9. The van der Waals surface area contributed by atoms with E-state index in [0.29, 0.717) is 38.8 Å². The van der Waals surface area contributed by atoms with Crippen LogP contribution in [0.5, 0.6) is 0 Å². The molecule has 0 aromatic heterocycles. The van der Waals surface area contributed by atoms with Gasteiger partial charge in [-0.2, -0.15) is 13.2 Å². The number of carbonyl (C=O) groups excluding carboxylic acids is 2. The fraction of sp³-hybridized carbons (Fsp3) is 0.857. The predicted molar refractivity (Wildman–Crippen MR) is 70.0 cm³/mol. The van der Waals surface area contributed by atoms with Gasteiger partial charge in [-0.25, -0.2) is 0 Å². The smallest absolute Gasteiger partial charge is 0.369 e. The largest absolute Gasteiger partial charge is 0.391 e. The van der Waals surface area contributed by atoms with Crippen molar-refractivity contribution >= 4 is 11.8 Å². The average Bonchev–Trinajstić information content (AvgIpc) is 2.46. The van der Waals surface area contributed by atoms with Gasteiger partial charge in [0.05, 0.1) is 5.92 Å². The maximum Gasteiger partial charge on any atom is 0.391 e. The maximum atomic E-state index is 12.8. The van der Waals surface area contributed by atoms with E-state index in [1.807, 2.05) is 0 Å². The molecule has 2 aliphatic rings. The molecule has 0 aromatic carbocycles. The molecule has 2 N–H and O–H groups in total. The molecule has 1 aliphatic heterocycles. The lowest BCUT2D eigenvalue weighted by molar-refractivity contribution is -0.187. The van der Waals surface area contributed by atoms with E-state index in [0.717, 1.165) is 0 Å². The molecule has 2 amide bonds. The topological polar surface area (TPSA) is 63.4 Å². The number of alkyl halides is 3. The van der Waals surface area contributed by atoms with E-state index in [9.17, 15) is 22.8 Å². The van der Waals surface area contributed by atoms with Crippen LogP contribution in [0.1, 0.15) is 38.5 Å². The van der Waals surface area contributed by atoms with E-state index in [2.05, 4.69) is 0 Å². The molecule has 2 unspecified atom stereocenters. The van der Waals surface area contributed by atoms with Gasteiger partial charge in [-0.15, -0.1) is 0 Å². The number of nitrogens with zero attached hydrogens (tertiary/aromatic N) is 1. The molecule has 1 aliphatic carbocycles. The summed E-state index contributed by atoms with van der Waals surface area (Å²) in [4.78, 5) is 25.0. The van der Waals surface area contributed by atoms with Crippen molar-refractivity contribution in [2.24, 2.45) is 23.5 Å². The van der Waals surface area contributed by atoms with Crippen molar-refractivity contribution in [3.05, 3.63) is 0 Å². The van der Waals surface area contributed by atoms with E-state index in [-0.39, 0.29) is 30.6 Å². The van der Waals surface area contributed by atoms with Gasteiger partial charge in [-0.3, -0.25) is 9.59 Å². The number of halogens is 3. The SMILES string of the molecule is NC(=O)C1CCN(C(=O)C2CCCC(C(F)(F)F)C2)CC1. The molecule has 120 valence electrons. The Bertz CT molecular complexity index is 404. The van der Waals surface area contributed by atoms with Gasteiger partial charge in [0, 0.05) is 24.9 Å².